The Hall–Kier alpha value is -6.88. The minimum Gasteiger partial charge on any atom is -0.354 e. The quantitative estimate of drug-likeness (QED) is 0.102. The molecule has 0 saturated carbocycles. The molecule has 4 aromatic carbocycles. The highest BCUT2D eigenvalue weighted by atomic mass is 32.2. The lowest BCUT2D eigenvalue weighted by atomic mass is 10.0. The van der Waals surface area contributed by atoms with Gasteiger partial charge in [0.25, 0.3) is 40.5 Å². The van der Waals surface area contributed by atoms with Crippen LogP contribution in [0.25, 0.3) is 22.3 Å². The van der Waals surface area contributed by atoms with Crippen molar-refractivity contribution in [2.75, 3.05) is 0 Å². The number of aromatic nitrogens is 4. The molecule has 0 spiro atoms. The number of aromatic amines is 4. The number of hydrogen-bond acceptors (Lipinski definition) is 8. The molecule has 0 radical (unpaired) electrons. The summed E-state index contributed by atoms with van der Waals surface area (Å²) in [6.45, 7) is 0. The molecule has 20 heteroatoms. The molecule has 4 aromatic heterocycles. The summed E-state index contributed by atoms with van der Waals surface area (Å²) < 4.78 is 139. The van der Waals surface area contributed by atoms with Crippen LogP contribution in [0.2, 0.25) is 0 Å². The lowest BCUT2D eigenvalue weighted by Crippen LogP contribution is -2.19. The molecule has 16 nitrogen and oxygen atoms in total. The lowest BCUT2D eigenvalue weighted by Gasteiger charge is -2.11. The van der Waals surface area contributed by atoms with E-state index in [0.29, 0.717) is 88.7 Å². The van der Waals surface area contributed by atoms with E-state index < -0.39 is 60.1 Å². The van der Waals surface area contributed by atoms with E-state index in [9.17, 15) is 51.9 Å². The van der Waals surface area contributed by atoms with Gasteiger partial charge in [-0.1, -0.05) is 48.5 Å². The van der Waals surface area contributed by atoms with Crippen LogP contribution in [0.4, 0.5) is 0 Å². The van der Waals surface area contributed by atoms with E-state index in [1.807, 2.05) is 0 Å². The van der Waals surface area contributed by atoms with Gasteiger partial charge in [-0.15, -0.1) is 0 Å². The number of hydrogen-bond donors (Lipinski definition) is 8. The second-order valence-corrected chi connectivity index (χ2v) is 20.3. The summed E-state index contributed by atoms with van der Waals surface area (Å²) in [5.41, 5.74) is 4.57. The molecular formula is C44H32N4O12S4. The summed E-state index contributed by atoms with van der Waals surface area (Å²) in [5, 5.41) is 1.63. The topological polar surface area (TPSA) is 281 Å². The third-order valence-electron chi connectivity index (χ3n) is 10.6. The molecule has 8 N–H and O–H groups in total. The molecule has 0 saturated heterocycles. The summed E-state index contributed by atoms with van der Waals surface area (Å²) in [6.07, 6.45) is 0. The van der Waals surface area contributed by atoms with Crippen LogP contribution in [0.3, 0.4) is 0 Å². The molecule has 0 atom stereocenters. The van der Waals surface area contributed by atoms with Crippen LogP contribution in [0, 0.1) is 0 Å². The van der Waals surface area contributed by atoms with E-state index in [-0.39, 0.29) is 0 Å². The zero-order chi connectivity index (χ0) is 45.3. The Balaban J connectivity index is 1.46. The SMILES string of the molecule is O=S(=O)(O)c1cccc(C2=c3ccc([nH]3)=C(c3cccc(S(=O)(=O)O)c3)c3ccc([nH]3)C(c3cccc(S(=O)(=O)O)c3)=c3ccc([nH]3)=C(c3cccc(S(=O)(=O)O)c3)c3ccc2[nH]3)c1. The van der Waals surface area contributed by atoms with Crippen LogP contribution >= 0.6 is 0 Å². The van der Waals surface area contributed by atoms with Gasteiger partial charge in [0.1, 0.15) is 0 Å². The molecule has 0 aliphatic carbocycles. The maximum absolute atomic E-state index is 12.4. The van der Waals surface area contributed by atoms with Gasteiger partial charge < -0.3 is 19.9 Å². The first-order valence-corrected chi connectivity index (χ1v) is 24.6. The van der Waals surface area contributed by atoms with Crippen LogP contribution in [-0.4, -0.2) is 71.8 Å². The highest BCUT2D eigenvalue weighted by Crippen LogP contribution is 2.30. The predicted octanol–water partition coefficient (Wildman–Crippen LogP) is 3.29. The molecule has 0 unspecified atom stereocenters. The predicted molar refractivity (Wildman–Crippen MR) is 233 cm³/mol. The second kappa shape index (κ2) is 15.4. The molecule has 64 heavy (non-hydrogen) atoms. The van der Waals surface area contributed by atoms with E-state index in [0.717, 1.165) is 0 Å². The van der Waals surface area contributed by atoms with Crippen LogP contribution in [0.1, 0.15) is 45.0 Å². The molecule has 8 aromatic rings. The first kappa shape index (κ1) is 42.4. The Kier molecular flexibility index (Phi) is 10.2. The van der Waals surface area contributed by atoms with Gasteiger partial charge in [-0.05, 0) is 119 Å². The van der Waals surface area contributed by atoms with Crippen molar-refractivity contribution in [1.82, 2.24) is 19.9 Å². The van der Waals surface area contributed by atoms with Gasteiger partial charge in [-0.3, -0.25) is 18.2 Å². The fraction of sp³-hybridized carbons (Fsp3) is 0. The third-order valence-corrected chi connectivity index (χ3v) is 14.0. The average molecular weight is 937 g/mol. The van der Waals surface area contributed by atoms with Crippen molar-refractivity contribution in [1.29, 1.82) is 0 Å². The smallest absolute Gasteiger partial charge is 0.294 e. The molecular weight excluding hydrogens is 905 g/mol. The number of H-pyrrole nitrogens is 4. The molecule has 5 heterocycles. The van der Waals surface area contributed by atoms with Gasteiger partial charge in [0.15, 0.2) is 0 Å². The van der Waals surface area contributed by atoms with Crippen molar-refractivity contribution in [2.45, 2.75) is 19.6 Å². The van der Waals surface area contributed by atoms with E-state index in [2.05, 4.69) is 19.9 Å². The average Bonchev–Trinajstić information content (AvgIpc) is 4.08. The van der Waals surface area contributed by atoms with E-state index in [4.69, 9.17) is 0 Å². The van der Waals surface area contributed by atoms with Crippen LogP contribution in [0.15, 0.2) is 165 Å². The Morgan fingerprint density at radius 1 is 0.281 bits per heavy atom. The van der Waals surface area contributed by atoms with Gasteiger partial charge in [0.2, 0.25) is 0 Å². The normalized spacial score (nSPS) is 13.7. The minimum atomic E-state index is -4.67. The Labute approximate surface area is 364 Å². The number of benzene rings is 4. The van der Waals surface area contributed by atoms with E-state index in [1.54, 1.807) is 72.8 Å². The van der Waals surface area contributed by atoms with Crippen LogP contribution in [0.5, 0.6) is 0 Å². The van der Waals surface area contributed by atoms with Gasteiger partial charge in [-0.2, -0.15) is 33.7 Å². The van der Waals surface area contributed by atoms with Gasteiger partial charge in [0.05, 0.1) is 19.6 Å². The molecule has 9 rings (SSSR count). The van der Waals surface area contributed by atoms with Crippen molar-refractivity contribution in [2.24, 2.45) is 0 Å². The number of nitrogens with one attached hydrogen (secondary N) is 4. The van der Waals surface area contributed by atoms with Crippen molar-refractivity contribution < 1.29 is 51.9 Å². The molecule has 1 aliphatic rings. The standard InChI is InChI=1S/C44H32N4O12S4/c49-61(50,51)29-9-1-5-25(21-29)41-33-13-15-35(45-33)42(26-6-2-10-30(22-26)62(52,53)54)37-17-19-39(47-37)44(28-8-4-12-32(24-28)64(58,59)60)40-20-18-38(48-40)43(36-16-14-34(41)46-36)27-7-3-11-31(23-27)63(55,56)57/h1-24,45-48H,(H,49,50,51)(H,52,53,54)(H,55,56,57)(H,58,59,60). The van der Waals surface area contributed by atoms with Crippen molar-refractivity contribution >= 4 is 62.8 Å². The summed E-state index contributed by atoms with van der Waals surface area (Å²) >= 11 is 0. The molecule has 0 fully saturated rings. The first-order valence-electron chi connectivity index (χ1n) is 18.8. The minimum absolute atomic E-state index is 0.332. The zero-order valence-electron chi connectivity index (χ0n) is 32.5. The van der Waals surface area contributed by atoms with Gasteiger partial charge >= 0.3 is 0 Å². The number of fused-ring (bicyclic) bond motifs is 8. The summed E-state index contributed by atoms with van der Waals surface area (Å²) in [7, 11) is -18.7. The monoisotopic (exact) mass is 936 g/mol. The summed E-state index contributed by atoms with van der Waals surface area (Å²) in [4.78, 5) is 12.0. The number of rotatable bonds is 8. The fourth-order valence-electron chi connectivity index (χ4n) is 7.82. The third kappa shape index (κ3) is 8.11. The van der Waals surface area contributed by atoms with Crippen LogP contribution in [-0.2, 0) is 40.5 Å². The zero-order valence-corrected chi connectivity index (χ0v) is 35.8. The molecule has 8 bridgehead atoms. The highest BCUT2D eigenvalue weighted by Gasteiger charge is 2.22. The molecule has 324 valence electrons. The van der Waals surface area contributed by atoms with E-state index >= 15 is 0 Å². The maximum atomic E-state index is 12.4. The Bertz CT molecular complexity index is 3470. The van der Waals surface area contributed by atoms with Crippen molar-refractivity contribution in [3.05, 3.63) is 212 Å². The van der Waals surface area contributed by atoms with Gasteiger partial charge in [-0.25, -0.2) is 0 Å². The maximum Gasteiger partial charge on any atom is 0.294 e. The van der Waals surface area contributed by atoms with Crippen LogP contribution < -0.4 is 21.4 Å². The van der Waals surface area contributed by atoms with E-state index in [1.165, 1.54) is 72.8 Å². The van der Waals surface area contributed by atoms with Crippen molar-refractivity contribution in [3.63, 3.8) is 0 Å². The van der Waals surface area contributed by atoms with Gasteiger partial charge in [0, 0.05) is 66.5 Å². The summed E-state index contributed by atoms with van der Waals surface area (Å²) in [6, 6.07) is 36.0. The second-order valence-electron chi connectivity index (χ2n) is 14.7. The molecule has 1 aliphatic heterocycles. The summed E-state index contributed by atoms with van der Waals surface area (Å²) in [5.74, 6) is 0. The lowest BCUT2D eigenvalue weighted by molar-refractivity contribution is 0.481. The first-order chi connectivity index (χ1) is 30.2. The van der Waals surface area contributed by atoms with Crippen molar-refractivity contribution in [3.8, 4) is 0 Å². The largest absolute Gasteiger partial charge is 0.354 e. The molecule has 0 amide bonds. The Morgan fingerprint density at radius 3 is 0.703 bits per heavy atom. The fourth-order valence-corrected chi connectivity index (χ4v) is 9.93. The Morgan fingerprint density at radius 2 is 0.500 bits per heavy atom. The highest BCUT2D eigenvalue weighted by molar-refractivity contribution is 7.86.